The molecule has 1 aromatic heterocycles. The molecular weight excluding hydrogens is 194 g/mol. The van der Waals surface area contributed by atoms with E-state index in [-0.39, 0.29) is 5.56 Å². The number of carboxylic acid groups (broad SMARTS) is 1. The van der Waals surface area contributed by atoms with Crippen LogP contribution in [0.1, 0.15) is 15.9 Å². The van der Waals surface area contributed by atoms with Gasteiger partial charge < -0.3 is 10.1 Å². The van der Waals surface area contributed by atoms with Gasteiger partial charge in [0.2, 0.25) is 0 Å². The number of aromatic nitrogens is 3. The fourth-order valence-electron chi connectivity index (χ4n) is 1.38. The summed E-state index contributed by atoms with van der Waals surface area (Å²) in [5.74, 6) is -0.502. The number of benzene rings is 1. The second-order valence-electron chi connectivity index (χ2n) is 3.19. The first-order chi connectivity index (χ1) is 7.18. The van der Waals surface area contributed by atoms with E-state index in [0.29, 0.717) is 11.4 Å². The third-order valence-electron chi connectivity index (χ3n) is 2.08. The van der Waals surface area contributed by atoms with Crippen molar-refractivity contribution in [3.05, 3.63) is 35.7 Å². The summed E-state index contributed by atoms with van der Waals surface area (Å²) in [6.45, 7) is 1.89. The zero-order chi connectivity index (χ0) is 10.8. The molecule has 76 valence electrons. The second-order valence-corrected chi connectivity index (χ2v) is 3.19. The molecule has 0 fully saturated rings. The van der Waals surface area contributed by atoms with Crippen molar-refractivity contribution >= 4 is 5.97 Å². The molecule has 0 radical (unpaired) electrons. The van der Waals surface area contributed by atoms with Crippen molar-refractivity contribution in [3.8, 4) is 11.4 Å². The Hall–Kier alpha value is -2.17. The number of aromatic carboxylic acids is 1. The lowest BCUT2D eigenvalue weighted by atomic mass is 10.0. The molecule has 0 saturated carbocycles. The Kier molecular flexibility index (Phi) is 2.21. The van der Waals surface area contributed by atoms with E-state index in [1.54, 1.807) is 18.2 Å². The highest BCUT2D eigenvalue weighted by Crippen LogP contribution is 2.21. The number of carboxylic acids is 1. The van der Waals surface area contributed by atoms with Crippen LogP contribution in [0.25, 0.3) is 11.4 Å². The average molecular weight is 203 g/mol. The first kappa shape index (κ1) is 9.39. The van der Waals surface area contributed by atoms with E-state index in [9.17, 15) is 4.79 Å². The maximum Gasteiger partial charge on any atom is 0.336 e. The van der Waals surface area contributed by atoms with Gasteiger partial charge in [0.05, 0.1) is 5.56 Å². The molecule has 0 aliphatic carbocycles. The third-order valence-corrected chi connectivity index (χ3v) is 2.08. The number of hydrogen-bond acceptors (Lipinski definition) is 3. The van der Waals surface area contributed by atoms with Crippen LogP contribution in [-0.4, -0.2) is 26.3 Å². The molecule has 2 N–H and O–H groups in total. The van der Waals surface area contributed by atoms with E-state index in [4.69, 9.17) is 5.11 Å². The normalized spacial score (nSPS) is 10.2. The highest BCUT2D eigenvalue weighted by atomic mass is 16.4. The topological polar surface area (TPSA) is 78.9 Å². The van der Waals surface area contributed by atoms with E-state index >= 15 is 0 Å². The molecule has 1 aromatic carbocycles. The fraction of sp³-hybridized carbons (Fsp3) is 0.100. The summed E-state index contributed by atoms with van der Waals surface area (Å²) in [6.07, 6.45) is 1.42. The van der Waals surface area contributed by atoms with Gasteiger partial charge in [0.15, 0.2) is 5.82 Å². The number of H-pyrrole nitrogens is 1. The Morgan fingerprint density at radius 3 is 2.87 bits per heavy atom. The zero-order valence-corrected chi connectivity index (χ0v) is 8.06. The van der Waals surface area contributed by atoms with Gasteiger partial charge in [0.1, 0.15) is 6.33 Å². The molecule has 15 heavy (non-hydrogen) atoms. The molecule has 0 unspecified atom stereocenters. The molecule has 0 spiro atoms. The van der Waals surface area contributed by atoms with E-state index in [1.165, 1.54) is 6.33 Å². The number of hydrogen-bond donors (Lipinski definition) is 2. The minimum atomic E-state index is -0.971. The van der Waals surface area contributed by atoms with Crippen LogP contribution in [0.5, 0.6) is 0 Å². The van der Waals surface area contributed by atoms with Gasteiger partial charge in [-0.15, -0.1) is 10.2 Å². The van der Waals surface area contributed by atoms with E-state index in [0.717, 1.165) is 5.56 Å². The van der Waals surface area contributed by atoms with Crippen molar-refractivity contribution in [1.82, 2.24) is 15.2 Å². The highest BCUT2D eigenvalue weighted by Gasteiger charge is 2.13. The van der Waals surface area contributed by atoms with Crippen LogP contribution in [0.3, 0.4) is 0 Å². The Labute approximate surface area is 85.8 Å². The summed E-state index contributed by atoms with van der Waals surface area (Å²) in [6, 6.07) is 5.09. The van der Waals surface area contributed by atoms with Crippen LogP contribution >= 0.6 is 0 Å². The third kappa shape index (κ3) is 1.71. The van der Waals surface area contributed by atoms with Crippen LogP contribution in [0.15, 0.2) is 24.5 Å². The highest BCUT2D eigenvalue weighted by molar-refractivity contribution is 5.95. The van der Waals surface area contributed by atoms with Crippen molar-refractivity contribution in [2.75, 3.05) is 0 Å². The fourth-order valence-corrected chi connectivity index (χ4v) is 1.38. The maximum atomic E-state index is 11.0. The molecule has 0 atom stereocenters. The standard InChI is InChI=1S/C10H9N3O2/c1-6-2-3-7(10(14)15)8(4-6)9-11-5-12-13-9/h2-5H,1H3,(H,14,15)(H,11,12,13). The summed E-state index contributed by atoms with van der Waals surface area (Å²) in [5.41, 5.74) is 1.75. The van der Waals surface area contributed by atoms with Crippen molar-refractivity contribution in [1.29, 1.82) is 0 Å². The van der Waals surface area contributed by atoms with Gasteiger partial charge in [0, 0.05) is 5.56 Å². The molecule has 5 heteroatoms. The van der Waals surface area contributed by atoms with Gasteiger partial charge in [-0.25, -0.2) is 4.79 Å². The lowest BCUT2D eigenvalue weighted by Gasteiger charge is -2.03. The summed E-state index contributed by atoms with van der Waals surface area (Å²) in [5, 5.41) is 16.4. The molecule has 2 aromatic rings. The SMILES string of the molecule is Cc1ccc(C(=O)O)c(-c2nnc[nH]2)c1. The van der Waals surface area contributed by atoms with Crippen molar-refractivity contribution < 1.29 is 9.90 Å². The number of nitrogens with one attached hydrogen (secondary N) is 1. The predicted molar refractivity (Wildman–Crippen MR) is 53.5 cm³/mol. The molecular formula is C10H9N3O2. The molecule has 0 aliphatic heterocycles. The number of carbonyl (C=O) groups is 1. The average Bonchev–Trinajstić information content (AvgIpc) is 2.69. The van der Waals surface area contributed by atoms with Crippen LogP contribution < -0.4 is 0 Å². The number of nitrogens with zero attached hydrogens (tertiary/aromatic N) is 2. The van der Waals surface area contributed by atoms with Crippen molar-refractivity contribution in [2.24, 2.45) is 0 Å². The van der Waals surface area contributed by atoms with Gasteiger partial charge in [-0.1, -0.05) is 11.6 Å². The Bertz CT molecular complexity index is 491. The van der Waals surface area contributed by atoms with Crippen LogP contribution in [0.4, 0.5) is 0 Å². The van der Waals surface area contributed by atoms with Crippen molar-refractivity contribution in [3.63, 3.8) is 0 Å². The van der Waals surface area contributed by atoms with Crippen LogP contribution in [0, 0.1) is 6.92 Å². The molecule has 0 aliphatic rings. The summed E-state index contributed by atoms with van der Waals surface area (Å²) in [4.78, 5) is 13.8. The lowest BCUT2D eigenvalue weighted by Crippen LogP contribution is -2.00. The van der Waals surface area contributed by atoms with Gasteiger partial charge in [-0.3, -0.25) is 0 Å². The monoisotopic (exact) mass is 203 g/mol. The molecule has 0 saturated heterocycles. The summed E-state index contributed by atoms with van der Waals surface area (Å²) in [7, 11) is 0. The van der Waals surface area contributed by atoms with Crippen LogP contribution in [-0.2, 0) is 0 Å². The second kappa shape index (κ2) is 3.53. The number of rotatable bonds is 2. The Morgan fingerprint density at radius 1 is 1.47 bits per heavy atom. The first-order valence-electron chi connectivity index (χ1n) is 4.39. The van der Waals surface area contributed by atoms with Gasteiger partial charge in [0.25, 0.3) is 0 Å². The first-order valence-corrected chi connectivity index (χ1v) is 4.39. The maximum absolute atomic E-state index is 11.0. The van der Waals surface area contributed by atoms with Crippen LogP contribution in [0.2, 0.25) is 0 Å². The van der Waals surface area contributed by atoms with E-state index < -0.39 is 5.97 Å². The minimum absolute atomic E-state index is 0.220. The van der Waals surface area contributed by atoms with Gasteiger partial charge in [-0.05, 0) is 19.1 Å². The quantitative estimate of drug-likeness (QED) is 0.774. The molecule has 5 nitrogen and oxygen atoms in total. The van der Waals surface area contributed by atoms with Crippen molar-refractivity contribution in [2.45, 2.75) is 6.92 Å². The zero-order valence-electron chi connectivity index (χ0n) is 8.06. The largest absolute Gasteiger partial charge is 0.478 e. The molecule has 0 amide bonds. The smallest absolute Gasteiger partial charge is 0.336 e. The number of aromatic amines is 1. The summed E-state index contributed by atoms with van der Waals surface area (Å²) < 4.78 is 0. The van der Waals surface area contributed by atoms with Gasteiger partial charge >= 0.3 is 5.97 Å². The Morgan fingerprint density at radius 2 is 2.27 bits per heavy atom. The van der Waals surface area contributed by atoms with E-state index in [1.807, 2.05) is 6.92 Å². The molecule has 2 rings (SSSR count). The van der Waals surface area contributed by atoms with Gasteiger partial charge in [-0.2, -0.15) is 0 Å². The predicted octanol–water partition coefficient (Wildman–Crippen LogP) is 1.48. The number of aryl methyl sites for hydroxylation is 1. The molecule has 1 heterocycles. The molecule has 0 bridgehead atoms. The van der Waals surface area contributed by atoms with E-state index in [2.05, 4.69) is 15.2 Å². The summed E-state index contributed by atoms with van der Waals surface area (Å²) >= 11 is 0. The lowest BCUT2D eigenvalue weighted by molar-refractivity contribution is 0.0697. The Balaban J connectivity index is 2.63. The minimum Gasteiger partial charge on any atom is -0.478 e.